The lowest BCUT2D eigenvalue weighted by molar-refractivity contribution is 0.665. The maximum Gasteiger partial charge on any atom is 0.125 e. The molecule has 0 heterocycles. The molecular weight excluding hydrogens is 172 g/mol. The largest absolute Gasteiger partial charge is 0.384 e. The Morgan fingerprint density at radius 1 is 1.43 bits per heavy atom. The van der Waals surface area contributed by atoms with Crippen LogP contribution in [-0.2, 0) is 0 Å². The van der Waals surface area contributed by atoms with E-state index in [4.69, 9.17) is 5.73 Å². The van der Waals surface area contributed by atoms with E-state index in [1.54, 1.807) is 0 Å². The maximum atomic E-state index is 5.86. The third-order valence-electron chi connectivity index (χ3n) is 1.94. The van der Waals surface area contributed by atoms with Crippen molar-refractivity contribution < 1.29 is 0 Å². The van der Waals surface area contributed by atoms with E-state index >= 15 is 0 Å². The summed E-state index contributed by atoms with van der Waals surface area (Å²) >= 11 is 0. The van der Waals surface area contributed by atoms with Crippen molar-refractivity contribution in [2.45, 2.75) is 20.8 Å². The van der Waals surface area contributed by atoms with E-state index in [1.807, 2.05) is 12.1 Å². The third-order valence-corrected chi connectivity index (χ3v) is 1.94. The molecule has 0 fully saturated rings. The van der Waals surface area contributed by atoms with Crippen LogP contribution in [0.5, 0.6) is 0 Å². The van der Waals surface area contributed by atoms with Crippen LogP contribution in [0, 0.1) is 12.8 Å². The molecule has 1 aromatic carbocycles. The first-order chi connectivity index (χ1) is 6.59. The molecule has 0 spiro atoms. The Kier molecular flexibility index (Phi) is 3.69. The molecule has 0 amide bonds. The van der Waals surface area contributed by atoms with Gasteiger partial charge in [0.2, 0.25) is 0 Å². The average Bonchev–Trinajstić information content (AvgIpc) is 2.14. The predicted octanol–water partition coefficient (Wildman–Crippen LogP) is 2.36. The molecule has 2 N–H and O–H groups in total. The Morgan fingerprint density at radius 2 is 2.14 bits per heavy atom. The summed E-state index contributed by atoms with van der Waals surface area (Å²) in [6, 6.07) is 8.10. The first kappa shape index (κ1) is 10.8. The van der Waals surface area contributed by atoms with Crippen molar-refractivity contribution >= 4 is 5.84 Å². The van der Waals surface area contributed by atoms with Gasteiger partial charge in [0.25, 0.3) is 0 Å². The van der Waals surface area contributed by atoms with E-state index in [9.17, 15) is 0 Å². The van der Waals surface area contributed by atoms with Crippen molar-refractivity contribution in [1.82, 2.24) is 0 Å². The number of nitrogens with two attached hydrogens (primary N) is 1. The van der Waals surface area contributed by atoms with Gasteiger partial charge in [-0.15, -0.1) is 0 Å². The molecule has 0 radical (unpaired) electrons. The molecule has 0 aromatic heterocycles. The molecular formula is C12H18N2. The molecule has 2 heteroatoms. The summed E-state index contributed by atoms with van der Waals surface area (Å²) in [6.07, 6.45) is 0. The highest BCUT2D eigenvalue weighted by molar-refractivity contribution is 5.97. The number of aryl methyl sites for hydroxylation is 1. The molecule has 2 nitrogen and oxygen atoms in total. The van der Waals surface area contributed by atoms with E-state index in [0.717, 1.165) is 12.1 Å². The number of hydrogen-bond donors (Lipinski definition) is 1. The van der Waals surface area contributed by atoms with Crippen molar-refractivity contribution in [2.75, 3.05) is 6.54 Å². The van der Waals surface area contributed by atoms with Crippen molar-refractivity contribution in [3.8, 4) is 0 Å². The molecule has 1 rings (SSSR count). The number of amidine groups is 1. The fourth-order valence-electron chi connectivity index (χ4n) is 1.18. The molecule has 0 aliphatic rings. The zero-order valence-electron chi connectivity index (χ0n) is 9.12. The van der Waals surface area contributed by atoms with Crippen molar-refractivity contribution in [1.29, 1.82) is 0 Å². The second kappa shape index (κ2) is 4.80. The summed E-state index contributed by atoms with van der Waals surface area (Å²) in [7, 11) is 0. The van der Waals surface area contributed by atoms with Crippen LogP contribution in [0.25, 0.3) is 0 Å². The number of nitrogens with zero attached hydrogens (tertiary/aromatic N) is 1. The van der Waals surface area contributed by atoms with Gasteiger partial charge in [0.1, 0.15) is 5.84 Å². The Labute approximate surface area is 85.9 Å². The summed E-state index contributed by atoms with van der Waals surface area (Å²) in [6.45, 7) is 7.11. The number of aliphatic imine (C=N–C) groups is 1. The zero-order chi connectivity index (χ0) is 10.6. The summed E-state index contributed by atoms with van der Waals surface area (Å²) < 4.78 is 0. The average molecular weight is 190 g/mol. The van der Waals surface area contributed by atoms with Gasteiger partial charge in [-0.3, -0.25) is 4.99 Å². The van der Waals surface area contributed by atoms with Crippen LogP contribution in [-0.4, -0.2) is 12.4 Å². The summed E-state index contributed by atoms with van der Waals surface area (Å²) in [5.74, 6) is 1.20. The Bertz CT molecular complexity index is 327. The topological polar surface area (TPSA) is 38.4 Å². The SMILES string of the molecule is Cc1cccc(C(N)=NCC(C)C)c1. The molecule has 0 unspecified atom stereocenters. The fraction of sp³-hybridized carbons (Fsp3) is 0.417. The first-order valence-electron chi connectivity index (χ1n) is 4.96. The zero-order valence-corrected chi connectivity index (χ0v) is 9.12. The van der Waals surface area contributed by atoms with Crippen molar-refractivity contribution in [3.63, 3.8) is 0 Å². The van der Waals surface area contributed by atoms with Gasteiger partial charge in [0.05, 0.1) is 0 Å². The van der Waals surface area contributed by atoms with E-state index in [1.165, 1.54) is 5.56 Å². The highest BCUT2D eigenvalue weighted by Gasteiger charge is 1.98. The van der Waals surface area contributed by atoms with Crippen molar-refractivity contribution in [2.24, 2.45) is 16.6 Å². The van der Waals surface area contributed by atoms with Gasteiger partial charge in [-0.2, -0.15) is 0 Å². The summed E-state index contributed by atoms with van der Waals surface area (Å²) in [5, 5.41) is 0. The lowest BCUT2D eigenvalue weighted by Gasteiger charge is -2.03. The Morgan fingerprint density at radius 3 is 2.71 bits per heavy atom. The minimum Gasteiger partial charge on any atom is -0.384 e. The Balaban J connectivity index is 2.78. The highest BCUT2D eigenvalue weighted by Crippen LogP contribution is 2.04. The minimum absolute atomic E-state index is 0.554. The van der Waals surface area contributed by atoms with E-state index in [2.05, 4.69) is 37.9 Å². The molecule has 14 heavy (non-hydrogen) atoms. The van der Waals surface area contributed by atoms with Crippen molar-refractivity contribution in [3.05, 3.63) is 35.4 Å². The minimum atomic E-state index is 0.554. The van der Waals surface area contributed by atoms with Crippen LogP contribution in [0.15, 0.2) is 29.3 Å². The van der Waals surface area contributed by atoms with Crippen LogP contribution in [0.1, 0.15) is 25.0 Å². The quantitative estimate of drug-likeness (QED) is 0.576. The van der Waals surface area contributed by atoms with Crippen LogP contribution in [0.4, 0.5) is 0 Å². The van der Waals surface area contributed by atoms with Gasteiger partial charge in [-0.05, 0) is 18.9 Å². The molecule has 0 saturated carbocycles. The number of benzene rings is 1. The molecule has 76 valence electrons. The second-order valence-electron chi connectivity index (χ2n) is 3.99. The summed E-state index contributed by atoms with van der Waals surface area (Å²) in [4.78, 5) is 4.33. The molecule has 0 bridgehead atoms. The lowest BCUT2D eigenvalue weighted by atomic mass is 10.1. The van der Waals surface area contributed by atoms with E-state index in [-0.39, 0.29) is 0 Å². The Hall–Kier alpha value is -1.31. The number of hydrogen-bond acceptors (Lipinski definition) is 1. The van der Waals surface area contributed by atoms with Gasteiger partial charge < -0.3 is 5.73 Å². The molecule has 1 aromatic rings. The van der Waals surface area contributed by atoms with Gasteiger partial charge in [0.15, 0.2) is 0 Å². The molecule has 0 saturated heterocycles. The second-order valence-corrected chi connectivity index (χ2v) is 3.99. The third kappa shape index (κ3) is 3.21. The molecule has 0 aliphatic carbocycles. The van der Waals surface area contributed by atoms with Crippen LogP contribution in [0.2, 0.25) is 0 Å². The predicted molar refractivity (Wildman–Crippen MR) is 61.6 cm³/mol. The monoisotopic (exact) mass is 190 g/mol. The lowest BCUT2D eigenvalue weighted by Crippen LogP contribution is -2.15. The van der Waals surface area contributed by atoms with Gasteiger partial charge in [-0.25, -0.2) is 0 Å². The molecule has 0 aliphatic heterocycles. The van der Waals surface area contributed by atoms with Gasteiger partial charge >= 0.3 is 0 Å². The van der Waals surface area contributed by atoms with Gasteiger partial charge in [0, 0.05) is 12.1 Å². The van der Waals surface area contributed by atoms with Crippen LogP contribution < -0.4 is 5.73 Å². The number of rotatable bonds is 3. The highest BCUT2D eigenvalue weighted by atomic mass is 14.8. The maximum absolute atomic E-state index is 5.86. The van der Waals surface area contributed by atoms with Crippen LogP contribution in [0.3, 0.4) is 0 Å². The molecule has 0 atom stereocenters. The fourth-order valence-corrected chi connectivity index (χ4v) is 1.18. The normalized spacial score (nSPS) is 12.1. The first-order valence-corrected chi connectivity index (χ1v) is 4.96. The van der Waals surface area contributed by atoms with E-state index < -0.39 is 0 Å². The van der Waals surface area contributed by atoms with Crippen LogP contribution >= 0.6 is 0 Å². The van der Waals surface area contributed by atoms with E-state index in [0.29, 0.717) is 11.8 Å². The summed E-state index contributed by atoms with van der Waals surface area (Å²) in [5.41, 5.74) is 8.09. The smallest absolute Gasteiger partial charge is 0.125 e. The standard InChI is InChI=1S/C12H18N2/c1-9(2)8-14-12(13)11-6-4-5-10(3)7-11/h4-7,9H,8H2,1-3H3,(H2,13,14). The van der Waals surface area contributed by atoms with Gasteiger partial charge in [-0.1, -0.05) is 37.6 Å².